The third-order valence-corrected chi connectivity index (χ3v) is 5.63. The van der Waals surface area contributed by atoms with Gasteiger partial charge in [0, 0.05) is 45.0 Å². The van der Waals surface area contributed by atoms with E-state index in [2.05, 4.69) is 24.8 Å². The molecule has 1 unspecified atom stereocenters. The highest BCUT2D eigenvalue weighted by molar-refractivity contribution is 6.29. The molecule has 1 aliphatic heterocycles. The molecule has 7 nitrogen and oxygen atoms in total. The first-order valence-corrected chi connectivity index (χ1v) is 10.1. The van der Waals surface area contributed by atoms with E-state index in [-0.39, 0.29) is 11.9 Å². The number of halogens is 2. The molecule has 9 heteroatoms. The minimum atomic E-state index is -0.297. The molecule has 1 aromatic carbocycles. The van der Waals surface area contributed by atoms with Gasteiger partial charge in [-0.15, -0.1) is 0 Å². The van der Waals surface area contributed by atoms with E-state index in [0.29, 0.717) is 17.5 Å². The molecular formula is C21H23ClFN7. The van der Waals surface area contributed by atoms with Gasteiger partial charge >= 0.3 is 0 Å². The number of aromatic nitrogens is 3. The molecule has 0 spiro atoms. The molecule has 0 bridgehead atoms. The van der Waals surface area contributed by atoms with Gasteiger partial charge in [-0.3, -0.25) is 4.90 Å². The molecule has 3 aromatic rings. The van der Waals surface area contributed by atoms with Crippen LogP contribution in [0, 0.1) is 5.82 Å². The summed E-state index contributed by atoms with van der Waals surface area (Å²) in [5.41, 5.74) is 14.8. The Bertz CT molecular complexity index is 989. The number of hydrogen-bond acceptors (Lipinski definition) is 7. The molecule has 0 amide bonds. The Kier molecular flexibility index (Phi) is 6.08. The summed E-state index contributed by atoms with van der Waals surface area (Å²) in [7, 11) is 0. The van der Waals surface area contributed by atoms with Gasteiger partial charge in [-0.1, -0.05) is 29.8 Å². The van der Waals surface area contributed by atoms with Crippen molar-refractivity contribution in [3.63, 3.8) is 0 Å². The maximum atomic E-state index is 13.4. The van der Waals surface area contributed by atoms with Crippen LogP contribution in [0.5, 0.6) is 0 Å². The fourth-order valence-electron chi connectivity index (χ4n) is 3.85. The number of nitrogens with zero attached hydrogens (tertiary/aromatic N) is 5. The van der Waals surface area contributed by atoms with Crippen LogP contribution >= 0.6 is 11.6 Å². The van der Waals surface area contributed by atoms with Gasteiger partial charge in [0.15, 0.2) is 0 Å². The monoisotopic (exact) mass is 427 g/mol. The Morgan fingerprint density at radius 3 is 2.37 bits per heavy atom. The molecule has 4 N–H and O–H groups in total. The largest absolute Gasteiger partial charge is 0.383 e. The molecule has 0 aliphatic carbocycles. The van der Waals surface area contributed by atoms with Gasteiger partial charge in [0.25, 0.3) is 0 Å². The maximum Gasteiger partial charge on any atom is 0.142 e. The zero-order valence-corrected chi connectivity index (χ0v) is 17.1. The van der Waals surface area contributed by atoms with Crippen molar-refractivity contribution in [2.24, 2.45) is 5.73 Å². The van der Waals surface area contributed by atoms with Crippen molar-refractivity contribution in [1.29, 1.82) is 0 Å². The van der Waals surface area contributed by atoms with E-state index in [4.69, 9.17) is 23.1 Å². The van der Waals surface area contributed by atoms with Crippen LogP contribution in [0.25, 0.3) is 11.1 Å². The number of nitrogen functional groups attached to an aromatic ring is 1. The first-order chi connectivity index (χ1) is 14.6. The Labute approximate surface area is 179 Å². The van der Waals surface area contributed by atoms with Crippen LogP contribution in [-0.2, 0) is 0 Å². The van der Waals surface area contributed by atoms with Crippen LogP contribution in [0.2, 0.25) is 5.15 Å². The number of rotatable bonds is 5. The lowest BCUT2D eigenvalue weighted by molar-refractivity contribution is 0.189. The Hall–Kier alpha value is -2.81. The summed E-state index contributed by atoms with van der Waals surface area (Å²) in [6.07, 6.45) is 3.25. The summed E-state index contributed by atoms with van der Waals surface area (Å²) in [5, 5.41) is 0.467. The molecule has 1 atom stereocenters. The van der Waals surface area contributed by atoms with Crippen molar-refractivity contribution in [3.8, 4) is 11.1 Å². The van der Waals surface area contributed by atoms with Crippen molar-refractivity contribution in [3.05, 3.63) is 65.5 Å². The predicted octanol–water partition coefficient (Wildman–Crippen LogP) is 2.74. The number of piperazine rings is 1. The van der Waals surface area contributed by atoms with Crippen molar-refractivity contribution in [2.75, 3.05) is 43.4 Å². The molecule has 156 valence electrons. The average Bonchev–Trinajstić information content (AvgIpc) is 2.77. The number of pyridine rings is 1. The summed E-state index contributed by atoms with van der Waals surface area (Å²) >= 11 is 5.91. The van der Waals surface area contributed by atoms with Crippen LogP contribution in [0.4, 0.5) is 16.0 Å². The van der Waals surface area contributed by atoms with E-state index in [9.17, 15) is 4.39 Å². The van der Waals surface area contributed by atoms with Gasteiger partial charge in [-0.2, -0.15) is 0 Å². The summed E-state index contributed by atoms with van der Waals surface area (Å²) in [4.78, 5) is 17.3. The Morgan fingerprint density at radius 2 is 1.73 bits per heavy atom. The smallest absolute Gasteiger partial charge is 0.142 e. The second-order valence-corrected chi connectivity index (χ2v) is 7.54. The van der Waals surface area contributed by atoms with Gasteiger partial charge < -0.3 is 16.4 Å². The number of benzene rings is 1. The van der Waals surface area contributed by atoms with E-state index < -0.39 is 0 Å². The standard InChI is InChI=1S/C21H23ClFN7/c22-18-6-3-15(12-26-18)17(11-24)29-7-9-30(10-8-29)21-19(20(25)27-13-28-21)14-1-4-16(23)5-2-14/h1-6,12-13,17H,7-11,24H2,(H2,25,27,28). The van der Waals surface area contributed by atoms with Crippen molar-refractivity contribution in [1.82, 2.24) is 19.9 Å². The molecule has 0 radical (unpaired) electrons. The lowest BCUT2D eigenvalue weighted by Gasteiger charge is -2.40. The molecule has 0 saturated carbocycles. The first-order valence-electron chi connectivity index (χ1n) is 9.73. The van der Waals surface area contributed by atoms with Crippen LogP contribution in [0.15, 0.2) is 48.9 Å². The summed E-state index contributed by atoms with van der Waals surface area (Å²) < 4.78 is 13.4. The summed E-state index contributed by atoms with van der Waals surface area (Å²) in [6, 6.07) is 10.0. The highest BCUT2D eigenvalue weighted by atomic mass is 35.5. The minimum Gasteiger partial charge on any atom is -0.383 e. The van der Waals surface area contributed by atoms with Crippen LogP contribution < -0.4 is 16.4 Å². The molecule has 1 fully saturated rings. The van der Waals surface area contributed by atoms with Gasteiger partial charge in [0.05, 0.1) is 5.56 Å². The topological polar surface area (TPSA) is 97.2 Å². The second-order valence-electron chi connectivity index (χ2n) is 7.15. The predicted molar refractivity (Wildman–Crippen MR) is 117 cm³/mol. The normalized spacial score (nSPS) is 15.9. The highest BCUT2D eigenvalue weighted by Gasteiger charge is 2.27. The zero-order valence-electron chi connectivity index (χ0n) is 16.4. The van der Waals surface area contributed by atoms with Gasteiger partial charge in [-0.25, -0.2) is 19.3 Å². The minimum absolute atomic E-state index is 0.0731. The molecule has 3 heterocycles. The van der Waals surface area contributed by atoms with E-state index >= 15 is 0 Å². The second kappa shape index (κ2) is 8.91. The first kappa shape index (κ1) is 20.5. The quantitative estimate of drug-likeness (QED) is 0.604. The maximum absolute atomic E-state index is 13.4. The van der Waals surface area contributed by atoms with E-state index in [0.717, 1.165) is 48.7 Å². The van der Waals surface area contributed by atoms with Crippen molar-refractivity contribution < 1.29 is 4.39 Å². The lowest BCUT2D eigenvalue weighted by atomic mass is 10.0. The van der Waals surface area contributed by atoms with Crippen LogP contribution in [0.3, 0.4) is 0 Å². The summed E-state index contributed by atoms with van der Waals surface area (Å²) in [6.45, 7) is 3.60. The molecular weight excluding hydrogens is 405 g/mol. The summed E-state index contributed by atoms with van der Waals surface area (Å²) in [5.74, 6) is 0.834. The zero-order chi connectivity index (χ0) is 21.1. The third kappa shape index (κ3) is 4.21. The highest BCUT2D eigenvalue weighted by Crippen LogP contribution is 2.34. The van der Waals surface area contributed by atoms with Crippen molar-refractivity contribution >= 4 is 23.2 Å². The third-order valence-electron chi connectivity index (χ3n) is 5.40. The van der Waals surface area contributed by atoms with Crippen molar-refractivity contribution in [2.45, 2.75) is 6.04 Å². The fraction of sp³-hybridized carbons (Fsp3) is 0.286. The molecule has 2 aromatic heterocycles. The fourth-order valence-corrected chi connectivity index (χ4v) is 3.96. The molecule has 30 heavy (non-hydrogen) atoms. The van der Waals surface area contributed by atoms with Gasteiger partial charge in [-0.05, 0) is 29.3 Å². The number of anilines is 2. The average molecular weight is 428 g/mol. The van der Waals surface area contributed by atoms with Crippen LogP contribution in [0.1, 0.15) is 11.6 Å². The van der Waals surface area contributed by atoms with Gasteiger partial charge in [0.1, 0.15) is 28.9 Å². The molecule has 4 rings (SSSR count). The number of nitrogens with two attached hydrogens (primary N) is 2. The number of hydrogen-bond donors (Lipinski definition) is 2. The lowest BCUT2D eigenvalue weighted by Crippen LogP contribution is -2.49. The van der Waals surface area contributed by atoms with E-state index in [1.807, 2.05) is 6.07 Å². The molecule has 1 saturated heterocycles. The van der Waals surface area contributed by atoms with Gasteiger partial charge in [0.2, 0.25) is 0 Å². The molecule has 1 aliphatic rings. The van der Waals surface area contributed by atoms with E-state index in [1.54, 1.807) is 24.4 Å². The van der Waals surface area contributed by atoms with E-state index in [1.165, 1.54) is 18.5 Å². The Balaban J connectivity index is 1.54. The Morgan fingerprint density at radius 1 is 1.00 bits per heavy atom. The van der Waals surface area contributed by atoms with Crippen LogP contribution in [-0.4, -0.2) is 52.6 Å². The SMILES string of the molecule is NCC(c1ccc(Cl)nc1)N1CCN(c2ncnc(N)c2-c2ccc(F)cc2)CC1.